The van der Waals surface area contributed by atoms with Crippen LogP contribution >= 0.6 is 11.3 Å². The third-order valence-corrected chi connectivity index (χ3v) is 8.40. The number of nitrogens with two attached hydrogens (primary N) is 1. The third-order valence-electron chi connectivity index (χ3n) is 7.29. The van der Waals surface area contributed by atoms with Crippen LogP contribution in [-0.4, -0.2) is 71.6 Å². The Bertz CT molecular complexity index is 1520. The summed E-state index contributed by atoms with van der Waals surface area (Å²) in [5, 5.41) is 14.7. The van der Waals surface area contributed by atoms with Crippen LogP contribution in [0.4, 0.5) is 4.39 Å². The second-order valence-corrected chi connectivity index (χ2v) is 11.3. The molecule has 3 aromatic rings. The minimum Gasteiger partial charge on any atom is -0.384 e. The van der Waals surface area contributed by atoms with Crippen LogP contribution in [0.1, 0.15) is 45.9 Å². The molecule has 2 aliphatic heterocycles. The number of benzene rings is 1. The molecule has 2 atom stereocenters. The first-order valence-electron chi connectivity index (χ1n) is 13.4. The van der Waals surface area contributed by atoms with Crippen LogP contribution in [0.5, 0.6) is 0 Å². The van der Waals surface area contributed by atoms with E-state index < -0.39 is 53.6 Å². The number of aromatic nitrogens is 1. The van der Waals surface area contributed by atoms with E-state index in [1.54, 1.807) is 18.4 Å². The van der Waals surface area contributed by atoms with E-state index >= 15 is 0 Å². The number of aryl methyl sites for hydroxylation is 1. The third kappa shape index (κ3) is 6.17. The summed E-state index contributed by atoms with van der Waals surface area (Å²) in [5.41, 5.74) is 8.00. The number of ether oxygens (including phenoxy) is 2. The van der Waals surface area contributed by atoms with Crippen LogP contribution in [-0.2, 0) is 19.1 Å². The van der Waals surface area contributed by atoms with Crippen molar-refractivity contribution in [2.75, 3.05) is 26.3 Å². The van der Waals surface area contributed by atoms with E-state index in [2.05, 4.69) is 15.6 Å². The van der Waals surface area contributed by atoms with Gasteiger partial charge >= 0.3 is 0 Å². The number of nitrogen functional groups attached to an aromatic ring is 1. The van der Waals surface area contributed by atoms with Gasteiger partial charge in [-0.05, 0) is 31.5 Å². The van der Waals surface area contributed by atoms with Gasteiger partial charge in [0.25, 0.3) is 5.91 Å². The van der Waals surface area contributed by atoms with Crippen molar-refractivity contribution < 1.29 is 28.2 Å². The topological polar surface area (TPSA) is 160 Å². The summed E-state index contributed by atoms with van der Waals surface area (Å²) in [6.07, 6.45) is 1.52. The predicted molar refractivity (Wildman–Crippen MR) is 153 cm³/mol. The molecule has 2 fully saturated rings. The van der Waals surface area contributed by atoms with Crippen molar-refractivity contribution in [1.82, 2.24) is 20.5 Å². The highest BCUT2D eigenvalue weighted by Gasteiger charge is 2.52. The fourth-order valence-corrected chi connectivity index (χ4v) is 5.91. The standard InChI is InChI=1S/C29H31FN6O5S/c1-16-3-5-18(6-4-16)19-9-21(30)25(33-12-19)28(39)34-13-24(37)36-15-29(40-7-8-41-29)11-22(36)27(38)35-17(2)23-10-20(14-42-23)26(31)32/h3-6,9-10,12,14,17,22H,7-8,11,13,15H2,1-2H3,(H3,31,32)(H,34,39)(H,35,38)/t17-,22?/m1/s1. The second kappa shape index (κ2) is 12.0. The van der Waals surface area contributed by atoms with Gasteiger partial charge in [0, 0.05) is 34.0 Å². The SMILES string of the molecule is Cc1ccc(-c2cnc(C(=O)NCC(=O)N3CC4(CC3C(=O)N[C@H](C)c3cc(C(=N)N)cs3)OCCO4)c(F)c2)cc1. The average molecular weight is 595 g/mol. The van der Waals surface area contributed by atoms with Crippen molar-refractivity contribution in [3.63, 3.8) is 0 Å². The largest absolute Gasteiger partial charge is 0.384 e. The highest BCUT2D eigenvalue weighted by Crippen LogP contribution is 2.35. The van der Waals surface area contributed by atoms with E-state index in [0.717, 1.165) is 16.0 Å². The molecule has 42 heavy (non-hydrogen) atoms. The maximum Gasteiger partial charge on any atom is 0.273 e. The fourth-order valence-electron chi connectivity index (χ4n) is 4.99. The Kier molecular flexibility index (Phi) is 8.34. The lowest BCUT2D eigenvalue weighted by Crippen LogP contribution is -2.49. The zero-order valence-corrected chi connectivity index (χ0v) is 23.9. The molecule has 5 N–H and O–H groups in total. The summed E-state index contributed by atoms with van der Waals surface area (Å²) in [5.74, 6) is -3.84. The Hall–Kier alpha value is -4.20. The number of amidine groups is 1. The van der Waals surface area contributed by atoms with Gasteiger partial charge in [-0.1, -0.05) is 29.8 Å². The van der Waals surface area contributed by atoms with Gasteiger partial charge < -0.3 is 30.7 Å². The zero-order chi connectivity index (χ0) is 30.0. The van der Waals surface area contributed by atoms with Crippen LogP contribution in [0.15, 0.2) is 48.0 Å². The number of hydrogen-bond donors (Lipinski definition) is 4. The van der Waals surface area contributed by atoms with Crippen LogP contribution in [0.25, 0.3) is 11.1 Å². The van der Waals surface area contributed by atoms with Crippen molar-refractivity contribution in [3.05, 3.63) is 75.5 Å². The minimum atomic E-state index is -1.12. The molecule has 2 aromatic heterocycles. The second-order valence-electron chi connectivity index (χ2n) is 10.3. The van der Waals surface area contributed by atoms with Crippen molar-refractivity contribution >= 4 is 34.9 Å². The molecule has 4 heterocycles. The summed E-state index contributed by atoms with van der Waals surface area (Å²) >= 11 is 1.36. The summed E-state index contributed by atoms with van der Waals surface area (Å²) in [6.45, 7) is 3.91. The smallest absolute Gasteiger partial charge is 0.273 e. The van der Waals surface area contributed by atoms with Gasteiger partial charge in [0.1, 0.15) is 11.9 Å². The van der Waals surface area contributed by atoms with E-state index in [0.29, 0.717) is 24.3 Å². The van der Waals surface area contributed by atoms with Crippen molar-refractivity contribution in [2.45, 2.75) is 38.1 Å². The van der Waals surface area contributed by atoms with E-state index in [-0.39, 0.29) is 18.8 Å². The van der Waals surface area contributed by atoms with Gasteiger partial charge in [0.2, 0.25) is 11.8 Å². The van der Waals surface area contributed by atoms with Crippen LogP contribution in [0, 0.1) is 18.2 Å². The van der Waals surface area contributed by atoms with Gasteiger partial charge in [-0.3, -0.25) is 19.8 Å². The number of thiophene rings is 1. The first-order valence-corrected chi connectivity index (χ1v) is 14.2. The number of halogens is 1. The first-order chi connectivity index (χ1) is 20.0. The lowest BCUT2D eigenvalue weighted by atomic mass is 10.1. The number of nitrogens with one attached hydrogen (secondary N) is 3. The number of amides is 3. The summed E-state index contributed by atoms with van der Waals surface area (Å²) < 4.78 is 26.4. The molecule has 1 spiro atoms. The molecule has 2 saturated heterocycles. The molecule has 2 aliphatic rings. The molecule has 5 rings (SSSR count). The Morgan fingerprint density at radius 3 is 2.57 bits per heavy atom. The molecule has 3 amide bonds. The normalized spacial score (nSPS) is 18.2. The van der Waals surface area contributed by atoms with Gasteiger partial charge in [-0.15, -0.1) is 11.3 Å². The number of likely N-dealkylation sites (tertiary alicyclic amines) is 1. The molecule has 220 valence electrons. The molecule has 0 bridgehead atoms. The fraction of sp³-hybridized carbons (Fsp3) is 0.345. The van der Waals surface area contributed by atoms with Crippen LogP contribution in [0.3, 0.4) is 0 Å². The molecular formula is C29H31FN6O5S. The van der Waals surface area contributed by atoms with Crippen molar-refractivity contribution in [1.29, 1.82) is 5.41 Å². The van der Waals surface area contributed by atoms with Gasteiger partial charge in [-0.25, -0.2) is 9.37 Å². The van der Waals surface area contributed by atoms with Crippen molar-refractivity contribution in [3.8, 4) is 11.1 Å². The summed E-state index contributed by atoms with van der Waals surface area (Å²) in [6, 6.07) is 9.08. The number of nitrogens with zero attached hydrogens (tertiary/aromatic N) is 2. The minimum absolute atomic E-state index is 0.000480. The number of carbonyl (C=O) groups excluding carboxylic acids is 3. The number of carbonyl (C=O) groups is 3. The highest BCUT2D eigenvalue weighted by atomic mass is 32.1. The predicted octanol–water partition coefficient (Wildman–Crippen LogP) is 2.49. The summed E-state index contributed by atoms with van der Waals surface area (Å²) in [7, 11) is 0. The Balaban J connectivity index is 1.25. The summed E-state index contributed by atoms with van der Waals surface area (Å²) in [4.78, 5) is 45.5. The Morgan fingerprint density at radius 1 is 1.21 bits per heavy atom. The monoisotopic (exact) mass is 594 g/mol. The Morgan fingerprint density at radius 2 is 1.93 bits per heavy atom. The lowest BCUT2D eigenvalue weighted by Gasteiger charge is -2.25. The number of pyridine rings is 1. The lowest BCUT2D eigenvalue weighted by molar-refractivity contribution is -0.152. The van der Waals surface area contributed by atoms with Gasteiger partial charge in [0.15, 0.2) is 17.3 Å². The first kappa shape index (κ1) is 29.3. The maximum absolute atomic E-state index is 14.8. The van der Waals surface area contributed by atoms with Crippen LogP contribution < -0.4 is 16.4 Å². The molecule has 11 nitrogen and oxygen atoms in total. The van der Waals surface area contributed by atoms with E-state index in [1.165, 1.54) is 28.5 Å². The maximum atomic E-state index is 14.8. The molecule has 1 unspecified atom stereocenters. The van der Waals surface area contributed by atoms with E-state index in [1.807, 2.05) is 31.2 Å². The van der Waals surface area contributed by atoms with Gasteiger partial charge in [-0.2, -0.15) is 0 Å². The molecule has 1 aromatic carbocycles. The highest BCUT2D eigenvalue weighted by molar-refractivity contribution is 7.10. The van der Waals surface area contributed by atoms with Gasteiger partial charge in [0.05, 0.1) is 32.3 Å². The molecule has 0 aliphatic carbocycles. The molecule has 13 heteroatoms. The molecule has 0 radical (unpaired) electrons. The number of hydrogen-bond acceptors (Lipinski definition) is 8. The molecule has 0 saturated carbocycles. The van der Waals surface area contributed by atoms with E-state index in [9.17, 15) is 18.8 Å². The Labute approximate surface area is 245 Å². The van der Waals surface area contributed by atoms with Crippen molar-refractivity contribution in [2.24, 2.45) is 5.73 Å². The number of rotatable bonds is 8. The van der Waals surface area contributed by atoms with E-state index in [4.69, 9.17) is 20.6 Å². The zero-order valence-electron chi connectivity index (χ0n) is 23.1. The quantitative estimate of drug-likeness (QED) is 0.230. The molecular weight excluding hydrogens is 563 g/mol. The van der Waals surface area contributed by atoms with Crippen LogP contribution in [0.2, 0.25) is 0 Å². The average Bonchev–Trinajstić information content (AvgIpc) is 3.73.